The highest BCUT2D eigenvalue weighted by Crippen LogP contribution is 2.21. The third-order valence-corrected chi connectivity index (χ3v) is 5.07. The van der Waals surface area contributed by atoms with Gasteiger partial charge in [-0.1, -0.05) is 13.0 Å². The van der Waals surface area contributed by atoms with Gasteiger partial charge in [-0.25, -0.2) is 13.1 Å². The van der Waals surface area contributed by atoms with Gasteiger partial charge in [0.15, 0.2) is 0 Å². The zero-order valence-corrected chi connectivity index (χ0v) is 10.3. The minimum Gasteiger partial charge on any atom is -0.210 e. The van der Waals surface area contributed by atoms with Crippen molar-refractivity contribution in [2.45, 2.75) is 24.0 Å². The maximum absolute atomic E-state index is 11.7. The summed E-state index contributed by atoms with van der Waals surface area (Å²) in [6.07, 6.45) is 3.20. The molecule has 0 aliphatic carbocycles. The molecule has 1 rings (SSSR count). The quantitative estimate of drug-likeness (QED) is 0.616. The molecule has 0 saturated carbocycles. The van der Waals surface area contributed by atoms with Gasteiger partial charge in [-0.2, -0.15) is 0 Å². The molecule has 0 atom stereocenters. The lowest BCUT2D eigenvalue weighted by Crippen LogP contribution is -2.23. The van der Waals surface area contributed by atoms with E-state index >= 15 is 0 Å². The average molecular weight is 245 g/mol. The van der Waals surface area contributed by atoms with Crippen LogP contribution in [0.25, 0.3) is 0 Å². The first-order valence-corrected chi connectivity index (χ1v) is 7.09. The van der Waals surface area contributed by atoms with E-state index in [0.29, 0.717) is 17.2 Å². The van der Waals surface area contributed by atoms with E-state index in [4.69, 9.17) is 0 Å². The van der Waals surface area contributed by atoms with Gasteiger partial charge in [0.05, 0.1) is 0 Å². The topological polar surface area (TPSA) is 46.2 Å². The summed E-state index contributed by atoms with van der Waals surface area (Å²) in [4.78, 5) is 1.08. The van der Waals surface area contributed by atoms with E-state index in [0.717, 1.165) is 11.3 Å². The predicted octanol–water partition coefficient (Wildman–Crippen LogP) is 2.16. The molecule has 5 heteroatoms. The summed E-state index contributed by atoms with van der Waals surface area (Å²) in [6.45, 7) is 5.95. The molecule has 0 spiro atoms. The molecule has 0 aliphatic rings. The Bertz CT molecular complexity index is 420. The summed E-state index contributed by atoms with van der Waals surface area (Å²) in [5, 5.41) is 0. The fourth-order valence-corrected chi connectivity index (χ4v) is 3.45. The zero-order valence-electron chi connectivity index (χ0n) is 8.69. The molecule has 0 bridgehead atoms. The van der Waals surface area contributed by atoms with E-state index in [9.17, 15) is 8.42 Å². The Kier molecular flexibility index (Phi) is 4.50. The van der Waals surface area contributed by atoms with Crippen LogP contribution >= 0.6 is 11.3 Å². The van der Waals surface area contributed by atoms with E-state index in [1.807, 2.05) is 13.0 Å². The number of thiophene rings is 1. The maximum Gasteiger partial charge on any atom is 0.250 e. The third kappa shape index (κ3) is 3.44. The summed E-state index contributed by atoms with van der Waals surface area (Å²) >= 11 is 1.32. The molecule has 1 aromatic heterocycles. The smallest absolute Gasteiger partial charge is 0.210 e. The maximum atomic E-state index is 11.7. The molecule has 0 amide bonds. The van der Waals surface area contributed by atoms with Crippen LogP contribution in [0.15, 0.2) is 29.0 Å². The fraction of sp³-hybridized carbons (Fsp3) is 0.400. The SMILES string of the molecule is C=CCCNS(=O)(=O)c1ccc(CC)s1. The van der Waals surface area contributed by atoms with Crippen molar-refractivity contribution in [3.8, 4) is 0 Å². The van der Waals surface area contributed by atoms with E-state index < -0.39 is 10.0 Å². The monoisotopic (exact) mass is 245 g/mol. The van der Waals surface area contributed by atoms with Crippen molar-refractivity contribution in [1.29, 1.82) is 0 Å². The molecule has 15 heavy (non-hydrogen) atoms. The van der Waals surface area contributed by atoms with Crippen LogP contribution in [0.3, 0.4) is 0 Å². The lowest BCUT2D eigenvalue weighted by Gasteiger charge is -2.01. The van der Waals surface area contributed by atoms with Crippen LogP contribution in [-0.2, 0) is 16.4 Å². The number of hydrogen-bond acceptors (Lipinski definition) is 3. The first-order chi connectivity index (χ1) is 7.10. The second-order valence-electron chi connectivity index (χ2n) is 3.05. The van der Waals surface area contributed by atoms with Crippen LogP contribution in [0.1, 0.15) is 18.2 Å². The Labute approximate surface area is 94.9 Å². The average Bonchev–Trinajstić information content (AvgIpc) is 2.66. The van der Waals surface area contributed by atoms with Crippen molar-refractivity contribution in [3.05, 3.63) is 29.7 Å². The summed E-state index contributed by atoms with van der Waals surface area (Å²) in [5.41, 5.74) is 0. The fourth-order valence-electron chi connectivity index (χ4n) is 1.06. The van der Waals surface area contributed by atoms with Gasteiger partial charge >= 0.3 is 0 Å². The van der Waals surface area contributed by atoms with Crippen LogP contribution in [0.5, 0.6) is 0 Å². The molecule has 0 aromatic carbocycles. The molecule has 1 heterocycles. The highest BCUT2D eigenvalue weighted by molar-refractivity contribution is 7.91. The van der Waals surface area contributed by atoms with Crippen molar-refractivity contribution in [3.63, 3.8) is 0 Å². The van der Waals surface area contributed by atoms with Gasteiger partial charge in [-0.15, -0.1) is 17.9 Å². The lowest BCUT2D eigenvalue weighted by atomic mass is 10.4. The van der Waals surface area contributed by atoms with Crippen LogP contribution in [0, 0.1) is 0 Å². The molecule has 1 N–H and O–H groups in total. The number of hydrogen-bond donors (Lipinski definition) is 1. The van der Waals surface area contributed by atoms with Crippen molar-refractivity contribution in [2.75, 3.05) is 6.54 Å². The Morgan fingerprint density at radius 3 is 2.80 bits per heavy atom. The highest BCUT2D eigenvalue weighted by Gasteiger charge is 2.15. The van der Waals surface area contributed by atoms with Gasteiger partial charge in [0.25, 0.3) is 0 Å². The van der Waals surface area contributed by atoms with Gasteiger partial charge in [0.2, 0.25) is 10.0 Å². The molecule has 0 radical (unpaired) electrons. The molecular formula is C10H15NO2S2. The van der Waals surface area contributed by atoms with Gasteiger partial charge in [-0.3, -0.25) is 0 Å². The van der Waals surface area contributed by atoms with Gasteiger partial charge in [0, 0.05) is 11.4 Å². The second kappa shape index (κ2) is 5.44. The molecule has 0 aliphatic heterocycles. The van der Waals surface area contributed by atoms with E-state index in [2.05, 4.69) is 11.3 Å². The minimum absolute atomic E-state index is 0.392. The highest BCUT2D eigenvalue weighted by atomic mass is 32.2. The molecular weight excluding hydrogens is 230 g/mol. The zero-order chi connectivity index (χ0) is 11.3. The molecule has 3 nitrogen and oxygen atoms in total. The number of aryl methyl sites for hydroxylation is 1. The van der Waals surface area contributed by atoms with Crippen LogP contribution in [0.4, 0.5) is 0 Å². The second-order valence-corrected chi connectivity index (χ2v) is 6.21. The van der Waals surface area contributed by atoms with Crippen molar-refractivity contribution in [2.24, 2.45) is 0 Å². The Morgan fingerprint density at radius 2 is 2.27 bits per heavy atom. The van der Waals surface area contributed by atoms with Gasteiger partial charge in [0.1, 0.15) is 4.21 Å². The van der Waals surface area contributed by atoms with Crippen molar-refractivity contribution < 1.29 is 8.42 Å². The van der Waals surface area contributed by atoms with Crippen LogP contribution < -0.4 is 4.72 Å². The number of nitrogens with one attached hydrogen (secondary N) is 1. The minimum atomic E-state index is -3.30. The van der Waals surface area contributed by atoms with Crippen molar-refractivity contribution in [1.82, 2.24) is 4.72 Å². The van der Waals surface area contributed by atoms with E-state index in [1.54, 1.807) is 12.1 Å². The molecule has 0 saturated heterocycles. The summed E-state index contributed by atoms with van der Waals surface area (Å²) < 4.78 is 26.3. The summed E-state index contributed by atoms with van der Waals surface area (Å²) in [7, 11) is -3.30. The molecule has 0 fully saturated rings. The third-order valence-electron chi connectivity index (χ3n) is 1.89. The summed E-state index contributed by atoms with van der Waals surface area (Å²) in [6, 6.07) is 3.51. The number of rotatable bonds is 6. The largest absolute Gasteiger partial charge is 0.250 e. The molecule has 0 unspecified atom stereocenters. The summed E-state index contributed by atoms with van der Waals surface area (Å²) in [5.74, 6) is 0. The number of sulfonamides is 1. The van der Waals surface area contributed by atoms with Crippen LogP contribution in [0.2, 0.25) is 0 Å². The predicted molar refractivity (Wildman–Crippen MR) is 63.7 cm³/mol. The normalized spacial score (nSPS) is 11.5. The van der Waals surface area contributed by atoms with E-state index in [1.165, 1.54) is 11.3 Å². The first kappa shape index (κ1) is 12.4. The Hall–Kier alpha value is -0.650. The van der Waals surface area contributed by atoms with Gasteiger partial charge < -0.3 is 0 Å². The Morgan fingerprint density at radius 1 is 1.53 bits per heavy atom. The van der Waals surface area contributed by atoms with Crippen LogP contribution in [-0.4, -0.2) is 15.0 Å². The first-order valence-electron chi connectivity index (χ1n) is 4.79. The standard InChI is InChI=1S/C10H15NO2S2/c1-3-5-8-11-15(12,13)10-7-6-9(4-2)14-10/h3,6-7,11H,1,4-5,8H2,2H3. The molecule has 84 valence electrons. The van der Waals surface area contributed by atoms with Gasteiger partial charge in [-0.05, 0) is 25.0 Å². The lowest BCUT2D eigenvalue weighted by molar-refractivity contribution is 0.584. The van der Waals surface area contributed by atoms with E-state index in [-0.39, 0.29) is 0 Å². The molecule has 1 aromatic rings. The Balaban J connectivity index is 2.72. The van der Waals surface area contributed by atoms with Crippen molar-refractivity contribution >= 4 is 21.4 Å².